The lowest BCUT2D eigenvalue weighted by Gasteiger charge is -2.39. The molecular weight excluding hydrogens is 299 g/mol. The maximum atomic E-state index is 12.0. The van der Waals surface area contributed by atoms with Crippen LogP contribution in [0.15, 0.2) is 18.2 Å². The average molecular weight is 317 g/mol. The molecule has 1 aliphatic heterocycles. The topological polar surface area (TPSA) is 41.6 Å². The molecule has 0 spiro atoms. The molecule has 1 saturated heterocycles. The molecule has 0 radical (unpaired) electrons. The average Bonchev–Trinajstić information content (AvgIpc) is 2.32. The molecule has 110 valence electrons. The van der Waals surface area contributed by atoms with Gasteiger partial charge in [-0.15, -0.1) is 0 Å². The molecule has 0 atom stereocenters. The van der Waals surface area contributed by atoms with Gasteiger partial charge in [0.25, 0.3) is 0 Å². The maximum absolute atomic E-state index is 12.0. The quantitative estimate of drug-likeness (QED) is 0.906. The second-order valence-electron chi connectivity index (χ2n) is 5.37. The number of nitrogens with zero attached hydrogens (tertiary/aromatic N) is 1. The second kappa shape index (κ2) is 6.31. The highest BCUT2D eigenvalue weighted by Gasteiger charge is 2.33. The van der Waals surface area contributed by atoms with Gasteiger partial charge >= 0.3 is 0 Å². The molecule has 1 N–H and O–H groups in total. The van der Waals surface area contributed by atoms with Gasteiger partial charge in [-0.1, -0.05) is 23.2 Å². The number of amides is 1. The van der Waals surface area contributed by atoms with E-state index >= 15 is 0 Å². The summed E-state index contributed by atoms with van der Waals surface area (Å²) in [5, 5.41) is 4.26. The van der Waals surface area contributed by atoms with Crippen molar-refractivity contribution in [3.63, 3.8) is 0 Å². The van der Waals surface area contributed by atoms with Crippen LogP contribution in [0.5, 0.6) is 0 Å². The Morgan fingerprint density at radius 2 is 1.95 bits per heavy atom. The zero-order chi connectivity index (χ0) is 14.8. The van der Waals surface area contributed by atoms with Crippen LogP contribution in [0.1, 0.15) is 12.5 Å². The Hall–Kier alpha value is -0.810. The number of rotatable bonds is 5. The van der Waals surface area contributed by atoms with Gasteiger partial charge in [0.2, 0.25) is 5.91 Å². The standard InChI is InChI=1S/C14H18Cl2N2O2/c1-14(8-17-9-14)20-7-13(19)18(2)6-10-3-11(15)5-12(16)4-10/h3-5,17H,6-9H2,1-2H3. The molecule has 0 bridgehead atoms. The zero-order valence-corrected chi connectivity index (χ0v) is 13.1. The van der Waals surface area contributed by atoms with Gasteiger partial charge in [0, 0.05) is 36.7 Å². The Labute approximate surface area is 129 Å². The Balaban J connectivity index is 1.86. The Morgan fingerprint density at radius 1 is 1.35 bits per heavy atom. The van der Waals surface area contributed by atoms with E-state index in [1.165, 1.54) is 0 Å². The summed E-state index contributed by atoms with van der Waals surface area (Å²) < 4.78 is 5.63. The first-order valence-electron chi connectivity index (χ1n) is 6.42. The fourth-order valence-electron chi connectivity index (χ4n) is 1.99. The molecule has 0 aromatic heterocycles. The zero-order valence-electron chi connectivity index (χ0n) is 11.6. The van der Waals surface area contributed by atoms with Crippen LogP contribution in [-0.4, -0.2) is 43.2 Å². The van der Waals surface area contributed by atoms with Crippen molar-refractivity contribution in [2.45, 2.75) is 19.1 Å². The number of carbonyl (C=O) groups excluding carboxylic acids is 1. The van der Waals surface area contributed by atoms with E-state index in [0.717, 1.165) is 18.7 Å². The van der Waals surface area contributed by atoms with E-state index in [4.69, 9.17) is 27.9 Å². The van der Waals surface area contributed by atoms with Gasteiger partial charge in [0.15, 0.2) is 0 Å². The molecule has 2 rings (SSSR count). The first kappa shape index (κ1) is 15.6. The molecule has 1 fully saturated rings. The monoisotopic (exact) mass is 316 g/mol. The number of hydrogen-bond donors (Lipinski definition) is 1. The van der Waals surface area contributed by atoms with Gasteiger partial charge in [-0.25, -0.2) is 0 Å². The summed E-state index contributed by atoms with van der Waals surface area (Å²) >= 11 is 11.9. The molecule has 1 aliphatic rings. The number of halogens is 2. The molecular formula is C14H18Cl2N2O2. The molecule has 6 heteroatoms. The highest BCUT2D eigenvalue weighted by atomic mass is 35.5. The van der Waals surface area contributed by atoms with E-state index in [9.17, 15) is 4.79 Å². The van der Waals surface area contributed by atoms with Crippen LogP contribution in [0.3, 0.4) is 0 Å². The first-order chi connectivity index (χ1) is 9.38. The van der Waals surface area contributed by atoms with Crippen LogP contribution < -0.4 is 5.32 Å². The smallest absolute Gasteiger partial charge is 0.248 e. The van der Waals surface area contributed by atoms with Crippen molar-refractivity contribution in [1.29, 1.82) is 0 Å². The normalized spacial score (nSPS) is 16.6. The number of benzene rings is 1. The highest BCUT2D eigenvalue weighted by Crippen LogP contribution is 2.20. The third kappa shape index (κ3) is 4.09. The molecule has 1 amide bonds. The van der Waals surface area contributed by atoms with Crippen molar-refractivity contribution in [3.05, 3.63) is 33.8 Å². The van der Waals surface area contributed by atoms with E-state index in [0.29, 0.717) is 16.6 Å². The minimum Gasteiger partial charge on any atom is -0.363 e. The number of ether oxygens (including phenoxy) is 1. The largest absolute Gasteiger partial charge is 0.363 e. The van der Waals surface area contributed by atoms with Crippen molar-refractivity contribution in [3.8, 4) is 0 Å². The lowest BCUT2D eigenvalue weighted by molar-refractivity contribution is -0.145. The van der Waals surface area contributed by atoms with Crippen LogP contribution in [0.4, 0.5) is 0 Å². The predicted octanol–water partition coefficient (Wildman–Crippen LogP) is 2.33. The Kier molecular flexibility index (Phi) is 4.91. The Morgan fingerprint density at radius 3 is 2.45 bits per heavy atom. The third-order valence-corrected chi connectivity index (χ3v) is 3.75. The number of hydrogen-bond acceptors (Lipinski definition) is 3. The fourth-order valence-corrected chi connectivity index (χ4v) is 2.56. The summed E-state index contributed by atoms with van der Waals surface area (Å²) in [5.74, 6) is -0.0609. The number of nitrogens with one attached hydrogen (secondary N) is 1. The van der Waals surface area contributed by atoms with E-state index in [1.807, 2.05) is 6.92 Å². The van der Waals surface area contributed by atoms with E-state index in [-0.39, 0.29) is 18.1 Å². The van der Waals surface area contributed by atoms with Crippen molar-refractivity contribution in [1.82, 2.24) is 10.2 Å². The summed E-state index contributed by atoms with van der Waals surface area (Å²) in [4.78, 5) is 13.6. The van der Waals surface area contributed by atoms with Crippen molar-refractivity contribution in [2.24, 2.45) is 0 Å². The number of likely N-dealkylation sites (N-methyl/N-ethyl adjacent to an activating group) is 1. The molecule has 20 heavy (non-hydrogen) atoms. The molecule has 0 saturated carbocycles. The van der Waals surface area contributed by atoms with Gasteiger partial charge in [0.05, 0.1) is 5.60 Å². The lowest BCUT2D eigenvalue weighted by atomic mass is 10.0. The highest BCUT2D eigenvalue weighted by molar-refractivity contribution is 6.34. The van der Waals surface area contributed by atoms with Crippen molar-refractivity contribution < 1.29 is 9.53 Å². The van der Waals surface area contributed by atoms with Gasteiger partial charge in [-0.2, -0.15) is 0 Å². The minimum atomic E-state index is -0.212. The predicted molar refractivity (Wildman–Crippen MR) is 80.2 cm³/mol. The van der Waals surface area contributed by atoms with Crippen LogP contribution >= 0.6 is 23.2 Å². The van der Waals surface area contributed by atoms with E-state index in [1.54, 1.807) is 30.1 Å². The summed E-state index contributed by atoms with van der Waals surface area (Å²) in [7, 11) is 1.74. The minimum absolute atomic E-state index is 0.0609. The van der Waals surface area contributed by atoms with Crippen molar-refractivity contribution in [2.75, 3.05) is 26.7 Å². The van der Waals surface area contributed by atoms with Gasteiger partial charge in [0.1, 0.15) is 6.61 Å². The van der Waals surface area contributed by atoms with E-state index < -0.39 is 0 Å². The molecule has 1 aromatic carbocycles. The van der Waals surface area contributed by atoms with Crippen LogP contribution in [-0.2, 0) is 16.1 Å². The molecule has 1 heterocycles. The summed E-state index contributed by atoms with van der Waals surface area (Å²) in [5.41, 5.74) is 0.686. The summed E-state index contributed by atoms with van der Waals surface area (Å²) in [6, 6.07) is 5.27. The molecule has 0 aliphatic carbocycles. The number of carbonyl (C=O) groups is 1. The summed E-state index contributed by atoms with van der Waals surface area (Å²) in [6.45, 7) is 4.11. The fraction of sp³-hybridized carbons (Fsp3) is 0.500. The molecule has 4 nitrogen and oxygen atoms in total. The van der Waals surface area contributed by atoms with Crippen LogP contribution in [0.2, 0.25) is 10.0 Å². The lowest BCUT2D eigenvalue weighted by Crippen LogP contribution is -2.59. The maximum Gasteiger partial charge on any atom is 0.248 e. The third-order valence-electron chi connectivity index (χ3n) is 3.31. The van der Waals surface area contributed by atoms with E-state index in [2.05, 4.69) is 5.32 Å². The van der Waals surface area contributed by atoms with Gasteiger partial charge in [-0.05, 0) is 30.7 Å². The van der Waals surface area contributed by atoms with Crippen LogP contribution in [0, 0.1) is 0 Å². The van der Waals surface area contributed by atoms with Crippen LogP contribution in [0.25, 0.3) is 0 Å². The van der Waals surface area contributed by atoms with Gasteiger partial charge < -0.3 is 15.0 Å². The molecule has 1 aromatic rings. The second-order valence-corrected chi connectivity index (χ2v) is 6.24. The summed E-state index contributed by atoms with van der Waals surface area (Å²) in [6.07, 6.45) is 0. The SMILES string of the molecule is CN(Cc1cc(Cl)cc(Cl)c1)C(=O)COC1(C)CNC1. The van der Waals surface area contributed by atoms with Crippen molar-refractivity contribution >= 4 is 29.1 Å². The molecule has 0 unspecified atom stereocenters. The first-order valence-corrected chi connectivity index (χ1v) is 7.17. The van der Waals surface area contributed by atoms with Gasteiger partial charge in [-0.3, -0.25) is 4.79 Å². The Bertz CT molecular complexity index is 484.